The molecule has 4 nitrogen and oxygen atoms in total. The molecule has 5 heteroatoms. The zero-order valence-electron chi connectivity index (χ0n) is 12.6. The van der Waals surface area contributed by atoms with Crippen LogP contribution in [-0.4, -0.2) is 32.8 Å². The highest BCUT2D eigenvalue weighted by Crippen LogP contribution is 2.18. The van der Waals surface area contributed by atoms with E-state index in [0.29, 0.717) is 18.4 Å². The van der Waals surface area contributed by atoms with E-state index in [4.69, 9.17) is 0 Å². The molecule has 1 unspecified atom stereocenters. The smallest absolute Gasteiger partial charge is 0.211 e. The molecule has 19 heavy (non-hydrogen) atoms. The lowest BCUT2D eigenvalue weighted by molar-refractivity contribution is 0.487. The molecule has 0 saturated heterocycles. The van der Waals surface area contributed by atoms with E-state index >= 15 is 0 Å². The summed E-state index contributed by atoms with van der Waals surface area (Å²) in [5.41, 5.74) is 0. The van der Waals surface area contributed by atoms with Crippen molar-refractivity contribution in [3.05, 3.63) is 0 Å². The highest BCUT2D eigenvalue weighted by atomic mass is 32.2. The van der Waals surface area contributed by atoms with E-state index in [1.807, 2.05) is 6.92 Å². The molecule has 0 aliphatic heterocycles. The van der Waals surface area contributed by atoms with Crippen molar-refractivity contribution >= 4 is 10.0 Å². The van der Waals surface area contributed by atoms with Crippen molar-refractivity contribution in [1.82, 2.24) is 10.0 Å². The van der Waals surface area contributed by atoms with E-state index in [1.165, 1.54) is 12.8 Å². The highest BCUT2D eigenvalue weighted by molar-refractivity contribution is 7.89. The van der Waals surface area contributed by atoms with Crippen LogP contribution in [0.1, 0.15) is 59.3 Å². The van der Waals surface area contributed by atoms with Crippen LogP contribution in [-0.2, 0) is 10.0 Å². The first-order valence-electron chi connectivity index (χ1n) is 7.62. The molecule has 0 amide bonds. The van der Waals surface area contributed by atoms with Gasteiger partial charge in [-0.15, -0.1) is 0 Å². The maximum atomic E-state index is 11.9. The Hall–Kier alpha value is -0.130. The van der Waals surface area contributed by atoms with Crippen molar-refractivity contribution in [3.8, 4) is 0 Å². The Morgan fingerprint density at radius 3 is 2.37 bits per heavy atom. The summed E-state index contributed by atoms with van der Waals surface area (Å²) in [7, 11) is -3.10. The zero-order chi connectivity index (χ0) is 14.3. The lowest BCUT2D eigenvalue weighted by Gasteiger charge is -2.14. The number of hydrogen-bond donors (Lipinski definition) is 2. The van der Waals surface area contributed by atoms with E-state index < -0.39 is 10.0 Å². The van der Waals surface area contributed by atoms with Crippen LogP contribution >= 0.6 is 0 Å². The van der Waals surface area contributed by atoms with Crippen molar-refractivity contribution in [2.24, 2.45) is 5.92 Å². The van der Waals surface area contributed by atoms with Gasteiger partial charge in [0.25, 0.3) is 0 Å². The average molecular weight is 290 g/mol. The minimum absolute atomic E-state index is 0.0557. The molecule has 1 aliphatic carbocycles. The Labute approximate surface area is 118 Å². The summed E-state index contributed by atoms with van der Waals surface area (Å²) in [4.78, 5) is 0. The maximum absolute atomic E-state index is 11.9. The minimum Gasteiger partial charge on any atom is -0.314 e. The summed E-state index contributed by atoms with van der Waals surface area (Å²) < 4.78 is 26.5. The van der Waals surface area contributed by atoms with E-state index in [0.717, 1.165) is 25.8 Å². The van der Waals surface area contributed by atoms with Gasteiger partial charge >= 0.3 is 0 Å². The first-order chi connectivity index (χ1) is 8.89. The van der Waals surface area contributed by atoms with Gasteiger partial charge in [-0.25, -0.2) is 13.1 Å². The lowest BCUT2D eigenvalue weighted by Crippen LogP contribution is -2.35. The van der Waals surface area contributed by atoms with Gasteiger partial charge in [0.2, 0.25) is 10.0 Å². The lowest BCUT2D eigenvalue weighted by atomic mass is 10.0. The second kappa shape index (κ2) is 8.22. The van der Waals surface area contributed by atoms with Crippen molar-refractivity contribution in [1.29, 1.82) is 0 Å². The fraction of sp³-hybridized carbons (Fsp3) is 1.00. The number of nitrogens with one attached hydrogen (secondary N) is 2. The van der Waals surface area contributed by atoms with Crippen LogP contribution in [0.15, 0.2) is 0 Å². The molecule has 0 aromatic carbocycles. The van der Waals surface area contributed by atoms with Gasteiger partial charge in [0.05, 0.1) is 5.75 Å². The SMILES string of the molecule is CC(C)CCCC(C)NS(=O)(=O)CCCNC1CC1. The summed E-state index contributed by atoms with van der Waals surface area (Å²) in [6, 6.07) is 0.714. The van der Waals surface area contributed by atoms with Crippen molar-refractivity contribution in [3.63, 3.8) is 0 Å². The van der Waals surface area contributed by atoms with Crippen LogP contribution in [0.4, 0.5) is 0 Å². The quantitative estimate of drug-likeness (QED) is 0.574. The van der Waals surface area contributed by atoms with Crippen LogP contribution in [0.5, 0.6) is 0 Å². The van der Waals surface area contributed by atoms with Crippen molar-refractivity contribution < 1.29 is 8.42 Å². The predicted molar refractivity (Wildman–Crippen MR) is 80.7 cm³/mol. The zero-order valence-corrected chi connectivity index (χ0v) is 13.4. The first kappa shape index (κ1) is 16.9. The van der Waals surface area contributed by atoms with Crippen LogP contribution in [0.2, 0.25) is 0 Å². The fourth-order valence-corrected chi connectivity index (χ4v) is 3.49. The molecule has 1 atom stereocenters. The number of hydrogen-bond acceptors (Lipinski definition) is 3. The van der Waals surface area contributed by atoms with Gasteiger partial charge in [-0.05, 0) is 45.1 Å². The Kier molecular flexibility index (Phi) is 7.32. The minimum atomic E-state index is -3.10. The normalized spacial score (nSPS) is 17.9. The molecule has 0 aromatic heterocycles. The Morgan fingerprint density at radius 1 is 1.11 bits per heavy atom. The number of sulfonamides is 1. The summed E-state index contributed by atoms with van der Waals surface area (Å²) in [5.74, 6) is 0.929. The summed E-state index contributed by atoms with van der Waals surface area (Å²) >= 11 is 0. The van der Waals surface area contributed by atoms with E-state index in [1.54, 1.807) is 0 Å². The third kappa shape index (κ3) is 9.41. The molecule has 114 valence electrons. The molecule has 0 aromatic rings. The van der Waals surface area contributed by atoms with Gasteiger partial charge in [-0.2, -0.15) is 0 Å². The van der Waals surface area contributed by atoms with Gasteiger partial charge in [-0.1, -0.05) is 26.7 Å². The second-order valence-electron chi connectivity index (χ2n) is 6.24. The molecule has 0 heterocycles. The Balaban J connectivity index is 2.09. The molecule has 1 saturated carbocycles. The first-order valence-corrected chi connectivity index (χ1v) is 9.27. The van der Waals surface area contributed by atoms with Crippen LogP contribution in [0, 0.1) is 5.92 Å². The van der Waals surface area contributed by atoms with Gasteiger partial charge < -0.3 is 5.32 Å². The van der Waals surface area contributed by atoms with Crippen LogP contribution in [0.3, 0.4) is 0 Å². The highest BCUT2D eigenvalue weighted by Gasteiger charge is 2.20. The molecule has 0 bridgehead atoms. The Morgan fingerprint density at radius 2 is 1.79 bits per heavy atom. The fourth-order valence-electron chi connectivity index (χ4n) is 2.11. The summed E-state index contributed by atoms with van der Waals surface area (Å²) in [6.07, 6.45) is 6.38. The Bertz CT molecular complexity index is 337. The largest absolute Gasteiger partial charge is 0.314 e. The molecule has 1 fully saturated rings. The number of rotatable bonds is 11. The van der Waals surface area contributed by atoms with Crippen molar-refractivity contribution in [2.45, 2.75) is 71.4 Å². The maximum Gasteiger partial charge on any atom is 0.211 e. The third-order valence-electron chi connectivity index (χ3n) is 3.40. The third-order valence-corrected chi connectivity index (χ3v) is 4.99. The molecular weight excluding hydrogens is 260 g/mol. The summed E-state index contributed by atoms with van der Waals surface area (Å²) in [5, 5.41) is 3.34. The topological polar surface area (TPSA) is 58.2 Å². The summed E-state index contributed by atoms with van der Waals surface area (Å²) in [6.45, 7) is 7.16. The molecule has 2 N–H and O–H groups in total. The van der Waals surface area contributed by atoms with Crippen LogP contribution < -0.4 is 10.0 Å². The standard InChI is InChI=1S/C14H30N2O2S/c1-12(2)6-4-7-13(3)16-19(17,18)11-5-10-15-14-8-9-14/h12-16H,4-11H2,1-3H3. The van der Waals surface area contributed by atoms with E-state index in [-0.39, 0.29) is 11.8 Å². The van der Waals surface area contributed by atoms with Gasteiger partial charge in [0.1, 0.15) is 0 Å². The predicted octanol–water partition coefficient (Wildman–Crippen LogP) is 2.26. The van der Waals surface area contributed by atoms with E-state index in [9.17, 15) is 8.42 Å². The van der Waals surface area contributed by atoms with E-state index in [2.05, 4.69) is 23.9 Å². The molecule has 0 spiro atoms. The molecular formula is C14H30N2O2S. The van der Waals surface area contributed by atoms with Gasteiger partial charge in [0.15, 0.2) is 0 Å². The van der Waals surface area contributed by atoms with Crippen molar-refractivity contribution in [2.75, 3.05) is 12.3 Å². The molecule has 1 rings (SSSR count). The average Bonchev–Trinajstić information content (AvgIpc) is 3.07. The molecule has 0 radical (unpaired) electrons. The second-order valence-corrected chi connectivity index (χ2v) is 8.12. The van der Waals surface area contributed by atoms with Crippen LogP contribution in [0.25, 0.3) is 0 Å². The van der Waals surface area contributed by atoms with Gasteiger partial charge in [0, 0.05) is 12.1 Å². The molecule has 1 aliphatic rings. The van der Waals surface area contributed by atoms with Gasteiger partial charge in [-0.3, -0.25) is 0 Å². The monoisotopic (exact) mass is 290 g/mol.